The average molecular weight is 304 g/mol. The minimum atomic E-state index is -0.754. The Kier molecular flexibility index (Phi) is 4.49. The summed E-state index contributed by atoms with van der Waals surface area (Å²) < 4.78 is 10.2. The molecule has 1 heterocycles. The standard InChI is InChI=1S/C16H20N2O4/c1-16(2,3)22-15(20)13-11(10-8-6-5-7-9-10)12(17-18-13)14(19)21-4/h5-9,11,13,18H,1-4H3/t11-,13-/m0/s1. The maximum Gasteiger partial charge on any atom is 0.354 e. The second kappa shape index (κ2) is 6.17. The molecular weight excluding hydrogens is 284 g/mol. The summed E-state index contributed by atoms with van der Waals surface area (Å²) in [6.45, 7) is 5.37. The Hall–Kier alpha value is -2.37. The summed E-state index contributed by atoms with van der Waals surface area (Å²) in [5, 5.41) is 3.99. The smallest absolute Gasteiger partial charge is 0.354 e. The van der Waals surface area contributed by atoms with Crippen molar-refractivity contribution in [2.45, 2.75) is 38.3 Å². The van der Waals surface area contributed by atoms with Crippen molar-refractivity contribution in [1.29, 1.82) is 0 Å². The van der Waals surface area contributed by atoms with Crippen molar-refractivity contribution in [3.05, 3.63) is 35.9 Å². The maximum atomic E-state index is 12.4. The molecule has 2 rings (SSSR count). The fourth-order valence-corrected chi connectivity index (χ4v) is 2.28. The highest BCUT2D eigenvalue weighted by molar-refractivity contribution is 6.39. The van der Waals surface area contributed by atoms with Gasteiger partial charge in [0.15, 0.2) is 11.8 Å². The van der Waals surface area contributed by atoms with Gasteiger partial charge in [0.2, 0.25) is 0 Å². The van der Waals surface area contributed by atoms with Crippen LogP contribution in [0.3, 0.4) is 0 Å². The van der Waals surface area contributed by atoms with Crippen LogP contribution in [-0.2, 0) is 19.1 Å². The minimum absolute atomic E-state index is 0.171. The van der Waals surface area contributed by atoms with E-state index in [4.69, 9.17) is 9.47 Å². The third kappa shape index (κ3) is 3.44. The Morgan fingerprint density at radius 3 is 2.36 bits per heavy atom. The first-order valence-corrected chi connectivity index (χ1v) is 7.02. The first-order valence-electron chi connectivity index (χ1n) is 7.02. The first-order chi connectivity index (χ1) is 10.3. The Morgan fingerprint density at radius 2 is 1.82 bits per heavy atom. The molecule has 6 heteroatoms. The van der Waals surface area contributed by atoms with E-state index in [2.05, 4.69) is 10.5 Å². The van der Waals surface area contributed by atoms with Gasteiger partial charge in [-0.3, -0.25) is 5.43 Å². The van der Waals surface area contributed by atoms with E-state index >= 15 is 0 Å². The highest BCUT2D eigenvalue weighted by atomic mass is 16.6. The van der Waals surface area contributed by atoms with Gasteiger partial charge in [-0.15, -0.1) is 0 Å². The fraction of sp³-hybridized carbons (Fsp3) is 0.438. The van der Waals surface area contributed by atoms with Crippen LogP contribution in [-0.4, -0.2) is 36.4 Å². The van der Waals surface area contributed by atoms with Crippen LogP contribution in [0.15, 0.2) is 35.4 Å². The van der Waals surface area contributed by atoms with Gasteiger partial charge in [-0.1, -0.05) is 30.3 Å². The van der Waals surface area contributed by atoms with Gasteiger partial charge < -0.3 is 9.47 Å². The Labute approximate surface area is 129 Å². The molecule has 0 aliphatic carbocycles. The zero-order chi connectivity index (χ0) is 16.3. The fourth-order valence-electron chi connectivity index (χ4n) is 2.28. The molecule has 118 valence electrons. The number of nitrogens with one attached hydrogen (secondary N) is 1. The first kappa shape index (κ1) is 16.0. The number of benzene rings is 1. The third-order valence-electron chi connectivity index (χ3n) is 3.17. The number of hydrogen-bond acceptors (Lipinski definition) is 6. The molecule has 0 fully saturated rings. The maximum absolute atomic E-state index is 12.4. The van der Waals surface area contributed by atoms with Crippen LogP contribution in [0.2, 0.25) is 0 Å². The largest absolute Gasteiger partial charge is 0.464 e. The summed E-state index contributed by atoms with van der Waals surface area (Å²) in [5.41, 5.74) is 3.06. The van der Waals surface area contributed by atoms with Crippen molar-refractivity contribution in [1.82, 2.24) is 5.43 Å². The van der Waals surface area contributed by atoms with E-state index in [9.17, 15) is 9.59 Å². The number of hydrazone groups is 1. The van der Waals surface area contributed by atoms with Crippen LogP contribution in [0.25, 0.3) is 0 Å². The molecule has 1 aromatic carbocycles. The van der Waals surface area contributed by atoms with E-state index in [-0.39, 0.29) is 5.71 Å². The molecule has 6 nitrogen and oxygen atoms in total. The lowest BCUT2D eigenvalue weighted by atomic mass is 9.88. The molecule has 0 saturated carbocycles. The van der Waals surface area contributed by atoms with Crippen molar-refractivity contribution >= 4 is 17.7 Å². The molecule has 1 aliphatic heterocycles. The molecular formula is C16H20N2O4. The molecule has 0 unspecified atom stereocenters. The molecule has 2 atom stereocenters. The SMILES string of the molecule is COC(=O)C1=NN[C@H](C(=O)OC(C)(C)C)[C@H]1c1ccccc1. The predicted molar refractivity (Wildman–Crippen MR) is 81.4 cm³/mol. The van der Waals surface area contributed by atoms with Gasteiger partial charge in [-0.2, -0.15) is 5.10 Å². The van der Waals surface area contributed by atoms with E-state index < -0.39 is 29.5 Å². The Bertz CT molecular complexity index is 590. The summed E-state index contributed by atoms with van der Waals surface area (Å²) >= 11 is 0. The highest BCUT2D eigenvalue weighted by Gasteiger charge is 2.43. The Morgan fingerprint density at radius 1 is 1.18 bits per heavy atom. The van der Waals surface area contributed by atoms with Crippen molar-refractivity contribution < 1.29 is 19.1 Å². The van der Waals surface area contributed by atoms with E-state index in [1.165, 1.54) is 7.11 Å². The number of esters is 2. The number of nitrogens with zero attached hydrogens (tertiary/aromatic N) is 1. The van der Waals surface area contributed by atoms with E-state index in [0.29, 0.717) is 0 Å². The van der Waals surface area contributed by atoms with Gasteiger partial charge >= 0.3 is 11.9 Å². The van der Waals surface area contributed by atoms with Crippen molar-refractivity contribution in [2.75, 3.05) is 7.11 Å². The number of carbonyl (C=O) groups excluding carboxylic acids is 2. The number of methoxy groups -OCH3 is 1. The molecule has 0 aromatic heterocycles. The topological polar surface area (TPSA) is 77.0 Å². The van der Waals surface area contributed by atoms with Gasteiger partial charge in [-0.25, -0.2) is 9.59 Å². The van der Waals surface area contributed by atoms with Crippen LogP contribution >= 0.6 is 0 Å². The molecule has 1 N–H and O–H groups in total. The van der Waals surface area contributed by atoms with Crippen LogP contribution < -0.4 is 5.43 Å². The predicted octanol–water partition coefficient (Wildman–Crippen LogP) is 1.61. The van der Waals surface area contributed by atoms with Crippen LogP contribution in [0.4, 0.5) is 0 Å². The lowest BCUT2D eigenvalue weighted by molar-refractivity contribution is -0.157. The summed E-state index contributed by atoms with van der Waals surface area (Å²) in [7, 11) is 1.29. The highest BCUT2D eigenvalue weighted by Crippen LogP contribution is 2.28. The van der Waals surface area contributed by atoms with Crippen molar-refractivity contribution in [2.24, 2.45) is 5.10 Å². The molecule has 0 spiro atoms. The second-order valence-corrected chi connectivity index (χ2v) is 6.02. The van der Waals surface area contributed by atoms with Crippen molar-refractivity contribution in [3.63, 3.8) is 0 Å². The van der Waals surface area contributed by atoms with E-state index in [0.717, 1.165) is 5.56 Å². The van der Waals surface area contributed by atoms with E-state index in [1.54, 1.807) is 20.8 Å². The molecule has 1 aromatic rings. The van der Waals surface area contributed by atoms with Gasteiger partial charge in [0.25, 0.3) is 0 Å². The molecule has 22 heavy (non-hydrogen) atoms. The summed E-state index contributed by atoms with van der Waals surface area (Å²) in [4.78, 5) is 24.3. The van der Waals surface area contributed by atoms with E-state index in [1.807, 2.05) is 30.3 Å². The lowest BCUT2D eigenvalue weighted by Gasteiger charge is -2.25. The zero-order valence-corrected chi connectivity index (χ0v) is 13.1. The van der Waals surface area contributed by atoms with Gasteiger partial charge in [-0.05, 0) is 26.3 Å². The zero-order valence-electron chi connectivity index (χ0n) is 13.1. The minimum Gasteiger partial charge on any atom is -0.464 e. The number of carbonyl (C=O) groups is 2. The van der Waals surface area contributed by atoms with Gasteiger partial charge in [0.05, 0.1) is 13.0 Å². The lowest BCUT2D eigenvalue weighted by Crippen LogP contribution is -2.41. The van der Waals surface area contributed by atoms with Gasteiger partial charge in [0.1, 0.15) is 5.60 Å². The molecule has 0 saturated heterocycles. The molecule has 0 amide bonds. The number of ether oxygens (including phenoxy) is 2. The second-order valence-electron chi connectivity index (χ2n) is 6.02. The molecule has 0 bridgehead atoms. The number of hydrogen-bond donors (Lipinski definition) is 1. The quantitative estimate of drug-likeness (QED) is 0.859. The molecule has 1 aliphatic rings. The average Bonchev–Trinajstić information content (AvgIpc) is 2.90. The van der Waals surface area contributed by atoms with Crippen LogP contribution in [0, 0.1) is 0 Å². The van der Waals surface area contributed by atoms with Crippen LogP contribution in [0.5, 0.6) is 0 Å². The third-order valence-corrected chi connectivity index (χ3v) is 3.17. The Balaban J connectivity index is 2.32. The monoisotopic (exact) mass is 304 g/mol. The normalized spacial score (nSPS) is 20.8. The summed E-state index contributed by atoms with van der Waals surface area (Å²) in [6.07, 6.45) is 0. The van der Waals surface area contributed by atoms with Crippen molar-refractivity contribution in [3.8, 4) is 0 Å². The van der Waals surface area contributed by atoms with Gasteiger partial charge in [0, 0.05) is 0 Å². The molecule has 0 radical (unpaired) electrons. The summed E-state index contributed by atoms with van der Waals surface area (Å²) in [6, 6.07) is 8.48. The summed E-state index contributed by atoms with van der Waals surface area (Å²) in [5.74, 6) is -1.56. The number of rotatable bonds is 3. The van der Waals surface area contributed by atoms with Crippen LogP contribution in [0.1, 0.15) is 32.3 Å².